The third kappa shape index (κ3) is 11.8. The third-order valence-corrected chi connectivity index (χ3v) is 5.95. The Labute approximate surface area is 235 Å². The van der Waals surface area contributed by atoms with E-state index < -0.39 is 0 Å². The number of ether oxygens (including phenoxy) is 1. The van der Waals surface area contributed by atoms with Crippen molar-refractivity contribution in [2.75, 3.05) is 27.2 Å². The number of hydrogen-bond acceptors (Lipinski definition) is 4. The second-order valence-electron chi connectivity index (χ2n) is 8.34. The first kappa shape index (κ1) is 30.9. The SMILES string of the molecule is C/C=C(\C=C/C/C=C/C=N/C(=C\N(C)CCC(=O)NCCc1ccc(F)cc1)c1ccc(Cl)cc1Cl)OC. The van der Waals surface area contributed by atoms with Crippen molar-refractivity contribution in [2.45, 2.75) is 26.2 Å². The smallest absolute Gasteiger partial charge is 0.221 e. The maximum absolute atomic E-state index is 13.0. The van der Waals surface area contributed by atoms with Gasteiger partial charge < -0.3 is 15.0 Å². The van der Waals surface area contributed by atoms with Gasteiger partial charge in [-0.2, -0.15) is 0 Å². The topological polar surface area (TPSA) is 53.9 Å². The Balaban J connectivity index is 1.97. The molecule has 38 heavy (non-hydrogen) atoms. The van der Waals surface area contributed by atoms with Gasteiger partial charge in [-0.3, -0.25) is 9.79 Å². The Bertz CT molecular complexity index is 1190. The Kier molecular flexibility index (Phi) is 14.0. The average Bonchev–Trinajstić information content (AvgIpc) is 2.90. The van der Waals surface area contributed by atoms with Crippen LogP contribution >= 0.6 is 23.2 Å². The number of benzene rings is 2. The highest BCUT2D eigenvalue weighted by Gasteiger charge is 2.09. The lowest BCUT2D eigenvalue weighted by Crippen LogP contribution is -2.28. The molecule has 1 amide bonds. The zero-order valence-electron chi connectivity index (χ0n) is 22.0. The van der Waals surface area contributed by atoms with E-state index in [4.69, 9.17) is 27.9 Å². The highest BCUT2D eigenvalue weighted by atomic mass is 35.5. The summed E-state index contributed by atoms with van der Waals surface area (Å²) in [5.41, 5.74) is 2.34. The maximum atomic E-state index is 13.0. The van der Waals surface area contributed by atoms with Crippen LogP contribution in [0.2, 0.25) is 10.0 Å². The zero-order chi connectivity index (χ0) is 27.8. The molecule has 0 unspecified atom stereocenters. The molecule has 0 atom stereocenters. The minimum Gasteiger partial charge on any atom is -0.497 e. The summed E-state index contributed by atoms with van der Waals surface area (Å²) in [6, 6.07) is 11.5. The summed E-state index contributed by atoms with van der Waals surface area (Å²) in [4.78, 5) is 18.8. The van der Waals surface area contributed by atoms with Crippen LogP contribution in [-0.2, 0) is 16.0 Å². The first-order chi connectivity index (χ1) is 18.3. The molecule has 8 heteroatoms. The molecule has 2 aromatic rings. The van der Waals surface area contributed by atoms with E-state index in [1.54, 1.807) is 37.6 Å². The molecule has 0 fully saturated rings. The number of nitrogens with zero attached hydrogens (tertiary/aromatic N) is 2. The number of methoxy groups -OCH3 is 1. The van der Waals surface area contributed by atoms with Crippen LogP contribution in [0.25, 0.3) is 5.70 Å². The lowest BCUT2D eigenvalue weighted by Gasteiger charge is -2.16. The Hall–Kier alpha value is -3.35. The van der Waals surface area contributed by atoms with Gasteiger partial charge >= 0.3 is 0 Å². The van der Waals surface area contributed by atoms with Crippen LogP contribution in [0.5, 0.6) is 0 Å². The first-order valence-corrected chi connectivity index (χ1v) is 13.0. The monoisotopic (exact) mass is 557 g/mol. The van der Waals surface area contributed by atoms with Crippen LogP contribution in [0.4, 0.5) is 4.39 Å². The zero-order valence-corrected chi connectivity index (χ0v) is 23.5. The maximum Gasteiger partial charge on any atom is 0.221 e. The minimum absolute atomic E-state index is 0.0625. The van der Waals surface area contributed by atoms with E-state index in [1.807, 2.05) is 61.5 Å². The third-order valence-electron chi connectivity index (χ3n) is 5.40. The molecule has 1 N–H and O–H groups in total. The van der Waals surface area contributed by atoms with Gasteiger partial charge in [0, 0.05) is 49.6 Å². The molecule has 0 heterocycles. The number of halogens is 3. The van der Waals surface area contributed by atoms with Crippen molar-refractivity contribution in [1.29, 1.82) is 0 Å². The lowest BCUT2D eigenvalue weighted by molar-refractivity contribution is -0.121. The highest BCUT2D eigenvalue weighted by molar-refractivity contribution is 6.35. The van der Waals surface area contributed by atoms with E-state index in [1.165, 1.54) is 12.1 Å². The Morgan fingerprint density at radius 2 is 1.92 bits per heavy atom. The van der Waals surface area contributed by atoms with Crippen LogP contribution in [0.1, 0.15) is 30.9 Å². The molecule has 5 nitrogen and oxygen atoms in total. The van der Waals surface area contributed by atoms with Gasteiger partial charge in [0.1, 0.15) is 11.6 Å². The van der Waals surface area contributed by atoms with Gasteiger partial charge in [-0.05, 0) is 73.9 Å². The molecule has 0 aromatic heterocycles. The molecule has 0 saturated heterocycles. The highest BCUT2D eigenvalue weighted by Crippen LogP contribution is 2.28. The fourth-order valence-corrected chi connectivity index (χ4v) is 3.82. The molecular weight excluding hydrogens is 524 g/mol. The lowest BCUT2D eigenvalue weighted by atomic mass is 10.1. The van der Waals surface area contributed by atoms with E-state index in [9.17, 15) is 9.18 Å². The molecule has 0 aliphatic rings. The number of amides is 1. The molecule has 0 saturated carbocycles. The van der Waals surface area contributed by atoms with Crippen molar-refractivity contribution in [1.82, 2.24) is 10.2 Å². The quantitative estimate of drug-likeness (QED) is 0.151. The van der Waals surface area contributed by atoms with Crippen LogP contribution in [0, 0.1) is 5.82 Å². The van der Waals surface area contributed by atoms with Gasteiger partial charge in [0.05, 0.1) is 17.8 Å². The number of carbonyl (C=O) groups is 1. The second-order valence-corrected chi connectivity index (χ2v) is 9.18. The van der Waals surface area contributed by atoms with Crippen molar-refractivity contribution >= 4 is 41.0 Å². The Morgan fingerprint density at radius 3 is 2.61 bits per heavy atom. The van der Waals surface area contributed by atoms with Crippen LogP contribution in [-0.4, -0.2) is 44.3 Å². The van der Waals surface area contributed by atoms with E-state index in [0.717, 1.165) is 23.3 Å². The van der Waals surface area contributed by atoms with Crippen molar-refractivity contribution in [3.05, 3.63) is 112 Å². The van der Waals surface area contributed by atoms with E-state index in [-0.39, 0.29) is 11.7 Å². The second kappa shape index (κ2) is 17.2. The minimum atomic E-state index is -0.272. The molecule has 0 spiro atoms. The molecule has 0 aliphatic heterocycles. The number of carbonyl (C=O) groups excluding carboxylic acids is 1. The van der Waals surface area contributed by atoms with Gasteiger partial charge in [0.2, 0.25) is 5.91 Å². The van der Waals surface area contributed by atoms with E-state index in [0.29, 0.717) is 41.7 Å². The molecule has 0 radical (unpaired) electrons. The summed E-state index contributed by atoms with van der Waals surface area (Å²) >= 11 is 12.5. The summed E-state index contributed by atoms with van der Waals surface area (Å²) < 4.78 is 18.2. The molecule has 202 valence electrons. The molecule has 0 bridgehead atoms. The van der Waals surface area contributed by atoms with Gasteiger partial charge in [-0.1, -0.05) is 47.5 Å². The summed E-state index contributed by atoms with van der Waals surface area (Å²) in [6.45, 7) is 2.89. The fourth-order valence-electron chi connectivity index (χ4n) is 3.31. The Morgan fingerprint density at radius 1 is 1.16 bits per heavy atom. The first-order valence-electron chi connectivity index (χ1n) is 12.3. The molecule has 0 aliphatic carbocycles. The van der Waals surface area contributed by atoms with Crippen molar-refractivity contribution in [2.24, 2.45) is 4.99 Å². The largest absolute Gasteiger partial charge is 0.497 e. The summed E-state index contributed by atoms with van der Waals surface area (Å²) in [5, 5.41) is 3.93. The summed E-state index contributed by atoms with van der Waals surface area (Å²) in [5.74, 6) is 0.471. The summed E-state index contributed by atoms with van der Waals surface area (Å²) in [6.07, 6.45) is 14.9. The number of nitrogens with one attached hydrogen (secondary N) is 1. The predicted molar refractivity (Wildman–Crippen MR) is 157 cm³/mol. The van der Waals surface area contributed by atoms with Gasteiger partial charge in [-0.25, -0.2) is 4.39 Å². The standard InChI is InChI=1S/C30H34Cl2FN3O2/c1-4-26(38-3)9-7-5-6-8-18-34-29(27-15-12-24(31)21-28(27)32)22-36(2)20-17-30(37)35-19-16-23-10-13-25(33)14-11-23/h4,6-15,18,21-22H,5,16-17,19-20H2,1-3H3,(H,35,37)/b8-6+,9-7-,26-4+,29-22-,34-18+. The molecule has 2 aromatic carbocycles. The van der Waals surface area contributed by atoms with Gasteiger partial charge in [-0.15, -0.1) is 0 Å². The van der Waals surface area contributed by atoms with E-state index >= 15 is 0 Å². The number of allylic oxidation sites excluding steroid dienone is 5. The number of rotatable bonds is 14. The van der Waals surface area contributed by atoms with Crippen molar-refractivity contribution in [3.63, 3.8) is 0 Å². The van der Waals surface area contributed by atoms with Crippen LogP contribution < -0.4 is 5.32 Å². The normalized spacial score (nSPS) is 12.6. The van der Waals surface area contributed by atoms with E-state index in [2.05, 4.69) is 10.3 Å². The fraction of sp³-hybridized carbons (Fsp3) is 0.267. The molecule has 2 rings (SSSR count). The number of hydrogen-bond donors (Lipinski definition) is 1. The van der Waals surface area contributed by atoms with Crippen LogP contribution in [0.15, 0.2) is 89.8 Å². The van der Waals surface area contributed by atoms with Crippen LogP contribution in [0.3, 0.4) is 0 Å². The van der Waals surface area contributed by atoms with Crippen molar-refractivity contribution in [3.8, 4) is 0 Å². The van der Waals surface area contributed by atoms with Gasteiger partial charge in [0.25, 0.3) is 0 Å². The van der Waals surface area contributed by atoms with Crippen molar-refractivity contribution < 1.29 is 13.9 Å². The predicted octanol–water partition coefficient (Wildman–Crippen LogP) is 7.24. The summed E-state index contributed by atoms with van der Waals surface area (Å²) in [7, 11) is 3.51. The number of aliphatic imine (C=N–C) groups is 1. The average molecular weight is 559 g/mol. The molecular formula is C30H34Cl2FN3O2. The van der Waals surface area contributed by atoms with Gasteiger partial charge in [0.15, 0.2) is 0 Å².